The van der Waals surface area contributed by atoms with Gasteiger partial charge in [-0.1, -0.05) is 53.5 Å². The van der Waals surface area contributed by atoms with Crippen molar-refractivity contribution >= 4 is 40.8 Å². The maximum atomic E-state index is 12.1. The van der Waals surface area contributed by atoms with Crippen molar-refractivity contribution in [3.05, 3.63) is 106 Å². The molecule has 4 aromatic rings. The van der Waals surface area contributed by atoms with Crippen molar-refractivity contribution in [1.82, 2.24) is 10.3 Å². The fraction of sp³-hybridized carbons (Fsp3) is 0.107. The molecule has 0 atom stereocenters. The fourth-order valence-electron chi connectivity index (χ4n) is 3.62. The first kappa shape index (κ1) is 25.2. The number of nitrogens with one attached hydrogen (secondary N) is 2. The summed E-state index contributed by atoms with van der Waals surface area (Å²) < 4.78 is 0. The molecule has 1 heterocycles. The summed E-state index contributed by atoms with van der Waals surface area (Å²) in [6.07, 6.45) is 1.46. The van der Waals surface area contributed by atoms with E-state index in [1.54, 1.807) is 18.3 Å². The van der Waals surface area contributed by atoms with Crippen LogP contribution in [0.2, 0.25) is 10.0 Å². The van der Waals surface area contributed by atoms with Crippen molar-refractivity contribution in [3.63, 3.8) is 0 Å². The molecular formula is C28H23Cl2N3O3. The zero-order valence-corrected chi connectivity index (χ0v) is 20.7. The van der Waals surface area contributed by atoms with Gasteiger partial charge in [0.1, 0.15) is 5.69 Å². The highest BCUT2D eigenvalue weighted by Crippen LogP contribution is 2.26. The Morgan fingerprint density at radius 1 is 0.778 bits per heavy atom. The number of rotatable bonds is 9. The van der Waals surface area contributed by atoms with E-state index in [9.17, 15) is 9.59 Å². The molecule has 4 rings (SSSR count). The second kappa shape index (κ2) is 11.7. The molecule has 0 bridgehead atoms. The van der Waals surface area contributed by atoms with E-state index in [0.29, 0.717) is 16.6 Å². The van der Waals surface area contributed by atoms with Crippen LogP contribution in [-0.2, 0) is 11.3 Å². The molecule has 0 aliphatic heterocycles. The first-order valence-corrected chi connectivity index (χ1v) is 12.0. The predicted octanol–water partition coefficient (Wildman–Crippen LogP) is 6.54. The van der Waals surface area contributed by atoms with Crippen LogP contribution < -0.4 is 10.6 Å². The number of anilines is 1. The number of carbonyl (C=O) groups excluding carboxylic acids is 1. The molecule has 0 radical (unpaired) electrons. The molecule has 36 heavy (non-hydrogen) atoms. The molecule has 6 nitrogen and oxygen atoms in total. The lowest BCUT2D eigenvalue weighted by molar-refractivity contribution is -0.136. The van der Waals surface area contributed by atoms with Crippen LogP contribution in [0, 0.1) is 0 Å². The number of pyridine rings is 1. The second-order valence-electron chi connectivity index (χ2n) is 8.12. The number of amides is 1. The molecule has 8 heteroatoms. The minimum Gasteiger partial charge on any atom is -0.481 e. The van der Waals surface area contributed by atoms with Crippen LogP contribution in [0.25, 0.3) is 22.3 Å². The third-order valence-corrected chi connectivity index (χ3v) is 5.94. The number of halogens is 2. The number of carboxylic acids is 1. The standard InChI is InChI=1S/C28H23Cl2N3O3/c29-23-6-1-19(2-7-23)20-3-8-25(9-4-20)32-16-18-13-22(15-24(30)14-18)21-5-10-26(33-17-21)28(36)31-12-11-27(34)35/h1-10,13-15,17,32H,11-12,16H2,(H,31,36)(H,34,35). The predicted molar refractivity (Wildman–Crippen MR) is 143 cm³/mol. The Bertz CT molecular complexity index is 1360. The molecule has 0 spiro atoms. The van der Waals surface area contributed by atoms with Gasteiger partial charge in [-0.2, -0.15) is 0 Å². The van der Waals surface area contributed by atoms with Crippen LogP contribution >= 0.6 is 23.2 Å². The third-order valence-electron chi connectivity index (χ3n) is 5.47. The minimum absolute atomic E-state index is 0.0477. The lowest BCUT2D eigenvalue weighted by Crippen LogP contribution is -2.26. The van der Waals surface area contributed by atoms with Crippen LogP contribution in [0.3, 0.4) is 0 Å². The number of hydrogen-bond donors (Lipinski definition) is 3. The number of hydrogen-bond acceptors (Lipinski definition) is 4. The molecule has 0 unspecified atom stereocenters. The highest BCUT2D eigenvalue weighted by Gasteiger charge is 2.09. The van der Waals surface area contributed by atoms with Gasteiger partial charge in [-0.25, -0.2) is 0 Å². The summed E-state index contributed by atoms with van der Waals surface area (Å²) >= 11 is 12.4. The maximum Gasteiger partial charge on any atom is 0.305 e. The zero-order chi connectivity index (χ0) is 25.5. The number of nitrogens with zero attached hydrogens (tertiary/aromatic N) is 1. The monoisotopic (exact) mass is 519 g/mol. The van der Waals surface area contributed by atoms with E-state index in [1.807, 2.05) is 54.6 Å². The van der Waals surface area contributed by atoms with Crippen LogP contribution in [-0.4, -0.2) is 28.5 Å². The quantitative estimate of drug-likeness (QED) is 0.233. The Morgan fingerprint density at radius 2 is 1.44 bits per heavy atom. The summed E-state index contributed by atoms with van der Waals surface area (Å²) in [5.41, 5.74) is 6.09. The SMILES string of the molecule is O=C(O)CCNC(=O)c1ccc(-c2cc(Cl)cc(CNc3ccc(-c4ccc(Cl)cc4)cc3)c2)cn1. The molecule has 1 amide bonds. The van der Waals surface area contributed by atoms with E-state index in [2.05, 4.69) is 27.8 Å². The number of carboxylic acid groups (broad SMARTS) is 1. The highest BCUT2D eigenvalue weighted by molar-refractivity contribution is 6.31. The van der Waals surface area contributed by atoms with Gasteiger partial charge in [0.15, 0.2) is 0 Å². The number of carbonyl (C=O) groups is 2. The van der Waals surface area contributed by atoms with Crippen LogP contribution in [0.15, 0.2) is 85.1 Å². The van der Waals surface area contributed by atoms with Gasteiger partial charge < -0.3 is 15.7 Å². The average molecular weight is 520 g/mol. The Balaban J connectivity index is 1.40. The summed E-state index contributed by atoms with van der Waals surface area (Å²) in [6.45, 7) is 0.622. The third kappa shape index (κ3) is 6.84. The first-order chi connectivity index (χ1) is 17.4. The summed E-state index contributed by atoms with van der Waals surface area (Å²) in [5, 5.41) is 15.9. The van der Waals surface area contributed by atoms with E-state index in [1.165, 1.54) is 0 Å². The minimum atomic E-state index is -0.972. The first-order valence-electron chi connectivity index (χ1n) is 11.2. The normalized spacial score (nSPS) is 10.6. The van der Waals surface area contributed by atoms with E-state index in [-0.39, 0.29) is 18.7 Å². The van der Waals surface area contributed by atoms with E-state index in [4.69, 9.17) is 28.3 Å². The van der Waals surface area contributed by atoms with Crippen LogP contribution in [0.5, 0.6) is 0 Å². The van der Waals surface area contributed by atoms with Crippen molar-refractivity contribution in [2.45, 2.75) is 13.0 Å². The van der Waals surface area contributed by atoms with Gasteiger partial charge in [-0.3, -0.25) is 14.6 Å². The molecule has 3 aromatic carbocycles. The number of benzene rings is 3. The molecule has 3 N–H and O–H groups in total. The van der Waals surface area contributed by atoms with Crippen molar-refractivity contribution < 1.29 is 14.7 Å². The van der Waals surface area contributed by atoms with Crippen LogP contribution in [0.1, 0.15) is 22.5 Å². The van der Waals surface area contributed by atoms with Gasteiger partial charge in [-0.05, 0) is 70.8 Å². The van der Waals surface area contributed by atoms with E-state index >= 15 is 0 Å². The molecule has 182 valence electrons. The van der Waals surface area contributed by atoms with Crippen molar-refractivity contribution in [2.75, 3.05) is 11.9 Å². The summed E-state index contributed by atoms with van der Waals surface area (Å²) in [5.74, 6) is -1.39. The Kier molecular flexibility index (Phi) is 8.21. The van der Waals surface area contributed by atoms with Crippen molar-refractivity contribution in [2.24, 2.45) is 0 Å². The number of aliphatic carboxylic acids is 1. The van der Waals surface area contributed by atoms with E-state index in [0.717, 1.165) is 33.5 Å². The van der Waals surface area contributed by atoms with Gasteiger partial charge in [-0.15, -0.1) is 0 Å². The van der Waals surface area contributed by atoms with Gasteiger partial charge in [0, 0.05) is 40.6 Å². The highest BCUT2D eigenvalue weighted by atomic mass is 35.5. The smallest absolute Gasteiger partial charge is 0.305 e. The Morgan fingerprint density at radius 3 is 2.08 bits per heavy atom. The Labute approximate surface area is 218 Å². The van der Waals surface area contributed by atoms with Crippen molar-refractivity contribution in [1.29, 1.82) is 0 Å². The van der Waals surface area contributed by atoms with Gasteiger partial charge in [0.2, 0.25) is 0 Å². The molecule has 0 aliphatic rings. The number of aromatic nitrogens is 1. The molecule has 0 saturated heterocycles. The fourth-order valence-corrected chi connectivity index (χ4v) is 4.00. The summed E-state index contributed by atoms with van der Waals surface area (Å²) in [7, 11) is 0. The van der Waals surface area contributed by atoms with Gasteiger partial charge in [0.05, 0.1) is 6.42 Å². The molecule has 0 fully saturated rings. The summed E-state index contributed by atoms with van der Waals surface area (Å²) in [4.78, 5) is 26.9. The molecule has 0 aliphatic carbocycles. The molecule has 0 saturated carbocycles. The second-order valence-corrected chi connectivity index (χ2v) is 8.99. The maximum absolute atomic E-state index is 12.1. The lowest BCUT2D eigenvalue weighted by atomic mass is 10.0. The molecule has 1 aromatic heterocycles. The molecular weight excluding hydrogens is 497 g/mol. The van der Waals surface area contributed by atoms with E-state index < -0.39 is 11.9 Å². The average Bonchev–Trinajstić information content (AvgIpc) is 2.88. The summed E-state index contributed by atoms with van der Waals surface area (Å²) in [6, 6.07) is 25.1. The van der Waals surface area contributed by atoms with Crippen LogP contribution in [0.4, 0.5) is 5.69 Å². The lowest BCUT2D eigenvalue weighted by Gasteiger charge is -2.11. The Hall–Kier alpha value is -3.87. The van der Waals surface area contributed by atoms with Gasteiger partial charge in [0.25, 0.3) is 5.91 Å². The zero-order valence-electron chi connectivity index (χ0n) is 19.2. The van der Waals surface area contributed by atoms with Gasteiger partial charge >= 0.3 is 5.97 Å². The largest absolute Gasteiger partial charge is 0.481 e. The topological polar surface area (TPSA) is 91.3 Å². The van der Waals surface area contributed by atoms with Crippen molar-refractivity contribution in [3.8, 4) is 22.3 Å².